The highest BCUT2D eigenvalue weighted by atomic mass is 19.4. The molecule has 2 aliphatic heterocycles. The van der Waals surface area contributed by atoms with Crippen molar-refractivity contribution in [1.29, 1.82) is 0 Å². The van der Waals surface area contributed by atoms with E-state index in [-0.39, 0.29) is 11.9 Å². The third kappa shape index (κ3) is 9.19. The summed E-state index contributed by atoms with van der Waals surface area (Å²) >= 11 is 0. The van der Waals surface area contributed by atoms with Crippen LogP contribution in [0.3, 0.4) is 0 Å². The van der Waals surface area contributed by atoms with Gasteiger partial charge < -0.3 is 34.6 Å². The number of likely N-dealkylation sites (N-methyl/N-ethyl adjacent to an activating group) is 1. The van der Waals surface area contributed by atoms with Crippen molar-refractivity contribution in [2.75, 3.05) is 27.2 Å². The number of imidazole rings is 2. The molecule has 2 fully saturated rings. The Labute approximate surface area is 359 Å². The van der Waals surface area contributed by atoms with Gasteiger partial charge >= 0.3 is 24.3 Å². The molecule has 3 aromatic heterocycles. The first-order valence-corrected chi connectivity index (χ1v) is 20.4. The number of esters is 1. The lowest BCUT2D eigenvalue weighted by atomic mass is 10.0. The summed E-state index contributed by atoms with van der Waals surface area (Å²) in [5, 5.41) is 2.61. The van der Waals surface area contributed by atoms with Gasteiger partial charge in [0.1, 0.15) is 23.2 Å². The molecule has 5 aromatic rings. The van der Waals surface area contributed by atoms with Crippen LogP contribution in [0, 0.1) is 5.92 Å². The number of halogens is 3. The van der Waals surface area contributed by atoms with Crippen LogP contribution >= 0.6 is 0 Å². The summed E-state index contributed by atoms with van der Waals surface area (Å²) in [6.07, 6.45) is 0.229. The van der Waals surface area contributed by atoms with Gasteiger partial charge in [-0.2, -0.15) is 13.2 Å². The van der Waals surface area contributed by atoms with Crippen LogP contribution in [0.15, 0.2) is 61.1 Å². The molecule has 5 heterocycles. The van der Waals surface area contributed by atoms with E-state index in [1.54, 1.807) is 56.1 Å². The number of fused-ring (bicyclic) bond motifs is 1. The number of methoxy groups -OCH3 is 1. The minimum atomic E-state index is -5.37. The van der Waals surface area contributed by atoms with Crippen LogP contribution in [0.25, 0.3) is 44.8 Å². The first kappa shape index (κ1) is 44.2. The third-order valence-electron chi connectivity index (χ3n) is 11.3. The van der Waals surface area contributed by atoms with Crippen LogP contribution in [0.4, 0.5) is 22.8 Å². The smallest absolute Gasteiger partial charge is 0.453 e. The van der Waals surface area contributed by atoms with Crippen molar-refractivity contribution in [2.45, 2.75) is 83.2 Å². The molecular formula is C43H47F3N10O7. The molecule has 3 atom stereocenters. The van der Waals surface area contributed by atoms with Gasteiger partial charge in [0.15, 0.2) is 0 Å². The van der Waals surface area contributed by atoms with Crippen LogP contribution in [-0.2, 0) is 23.9 Å². The van der Waals surface area contributed by atoms with Gasteiger partial charge in [-0.1, -0.05) is 44.2 Å². The number of hydrogen-bond acceptors (Lipinski definition) is 11. The van der Waals surface area contributed by atoms with E-state index in [0.29, 0.717) is 60.0 Å². The molecule has 0 aliphatic carbocycles. The predicted octanol–water partition coefficient (Wildman–Crippen LogP) is 6.72. The molecule has 7 rings (SSSR count). The van der Waals surface area contributed by atoms with Crippen LogP contribution < -0.4 is 5.32 Å². The second kappa shape index (κ2) is 17.5. The molecule has 4 amide bonds. The Kier molecular flexibility index (Phi) is 12.3. The van der Waals surface area contributed by atoms with Crippen molar-refractivity contribution in [3.05, 3.63) is 72.7 Å². The average Bonchev–Trinajstić information content (AvgIpc) is 4.09. The van der Waals surface area contributed by atoms with Crippen molar-refractivity contribution >= 4 is 41.0 Å². The summed E-state index contributed by atoms with van der Waals surface area (Å²) < 4.78 is 47.0. The Morgan fingerprint density at radius 3 is 2.13 bits per heavy atom. The Hall–Kier alpha value is -6.86. The van der Waals surface area contributed by atoms with Crippen LogP contribution in [0.5, 0.6) is 0 Å². The molecule has 63 heavy (non-hydrogen) atoms. The number of alkyl halides is 3. The van der Waals surface area contributed by atoms with E-state index in [1.165, 1.54) is 7.11 Å². The summed E-state index contributed by atoms with van der Waals surface area (Å²) in [6.45, 7) is 7.44. The van der Waals surface area contributed by atoms with Crippen molar-refractivity contribution in [1.82, 2.24) is 49.9 Å². The van der Waals surface area contributed by atoms with E-state index < -0.39 is 53.8 Å². The highest BCUT2D eigenvalue weighted by Gasteiger charge is 2.45. The molecule has 0 saturated carbocycles. The van der Waals surface area contributed by atoms with Gasteiger partial charge in [-0.05, 0) is 57.6 Å². The second-order valence-corrected chi connectivity index (χ2v) is 16.4. The topological polar surface area (TPSA) is 209 Å². The van der Waals surface area contributed by atoms with Gasteiger partial charge in [0, 0.05) is 43.0 Å². The molecule has 0 unspecified atom stereocenters. The zero-order valence-corrected chi connectivity index (χ0v) is 35.4. The molecular weight excluding hydrogens is 826 g/mol. The lowest BCUT2D eigenvalue weighted by molar-refractivity contribution is -0.194. The molecule has 2 aromatic carbocycles. The SMILES string of the molecule is COC(=O)NC(C)(C)C(=O)N1CCC[C@H]1c1ncc(-c2ccc3nc(-c4ccc(-c5c[nH]c([C@@H]6CCCN6C(=O)[C@H](C(C)C)N(C)C(=O)OC(=O)C(F)(F)F)n5)cc4)cnc3c2)[nH]1. The van der Waals surface area contributed by atoms with Crippen LogP contribution in [0.2, 0.25) is 0 Å². The number of carbonyl (C=O) groups excluding carboxylic acids is 5. The average molecular weight is 873 g/mol. The molecule has 3 N–H and O–H groups in total. The van der Waals surface area contributed by atoms with Crippen LogP contribution in [-0.4, -0.2) is 120 Å². The van der Waals surface area contributed by atoms with E-state index in [4.69, 9.17) is 19.7 Å². The molecule has 17 nitrogen and oxygen atoms in total. The minimum absolute atomic E-state index is 0.233. The van der Waals surface area contributed by atoms with Gasteiger partial charge in [-0.3, -0.25) is 19.5 Å². The fourth-order valence-electron chi connectivity index (χ4n) is 8.16. The number of likely N-dealkylation sites (tertiary alicyclic amines) is 2. The summed E-state index contributed by atoms with van der Waals surface area (Å²) in [6, 6.07) is 11.3. The number of hydrogen-bond donors (Lipinski definition) is 3. The Morgan fingerprint density at radius 2 is 1.48 bits per heavy atom. The monoisotopic (exact) mass is 872 g/mol. The summed E-state index contributed by atoms with van der Waals surface area (Å²) in [5.41, 5.74) is 4.66. The number of nitrogens with zero attached hydrogens (tertiary/aromatic N) is 7. The standard InChI is InChI=1S/C43H47F3N10O7/c1-23(2)34(54(5)41(61)63-39(59)43(44,45)46)37(57)55-17-7-9-32(55)35-48-21-30(51-35)25-13-11-24(12-14-25)29-20-47-28-19-26(15-16-27(28)50-29)31-22-49-36(52-31)33-10-8-18-56(33)38(58)42(3,4)53-40(60)62-6/h11-16,19-23,32-34H,7-10,17-18H2,1-6H3,(H,48,51)(H,49,52)(H,53,60)/t32-,33-,34-/m0/s1. The highest BCUT2D eigenvalue weighted by Crippen LogP contribution is 2.36. The lowest BCUT2D eigenvalue weighted by Crippen LogP contribution is -2.55. The van der Waals surface area contributed by atoms with E-state index in [0.717, 1.165) is 47.2 Å². The number of benzene rings is 2. The number of nitrogens with one attached hydrogen (secondary N) is 3. The Balaban J connectivity index is 1.01. The van der Waals surface area contributed by atoms with Crippen molar-refractivity contribution in [3.63, 3.8) is 0 Å². The number of ether oxygens (including phenoxy) is 2. The summed E-state index contributed by atoms with van der Waals surface area (Å²) in [4.78, 5) is 92.5. The van der Waals surface area contributed by atoms with Gasteiger partial charge in [0.2, 0.25) is 11.8 Å². The third-order valence-corrected chi connectivity index (χ3v) is 11.3. The van der Waals surface area contributed by atoms with Gasteiger partial charge in [0.05, 0.1) is 59.7 Å². The van der Waals surface area contributed by atoms with Crippen molar-refractivity contribution < 1.29 is 46.6 Å². The first-order chi connectivity index (χ1) is 29.9. The maximum absolute atomic E-state index is 13.8. The quantitative estimate of drug-likeness (QED) is 0.0991. The van der Waals surface area contributed by atoms with E-state index in [2.05, 4.69) is 25.0 Å². The normalized spacial score (nSPS) is 17.2. The molecule has 0 radical (unpaired) electrons. The first-order valence-electron chi connectivity index (χ1n) is 20.4. The lowest BCUT2D eigenvalue weighted by Gasteiger charge is -2.34. The molecule has 2 aliphatic rings. The van der Waals surface area contributed by atoms with E-state index >= 15 is 0 Å². The number of rotatable bonds is 10. The molecule has 0 spiro atoms. The molecule has 2 saturated heterocycles. The molecule has 20 heteroatoms. The van der Waals surface area contributed by atoms with Crippen LogP contribution in [0.1, 0.15) is 77.1 Å². The van der Waals surface area contributed by atoms with E-state index in [1.807, 2.05) is 42.5 Å². The summed E-state index contributed by atoms with van der Waals surface area (Å²) in [7, 11) is 2.38. The maximum atomic E-state index is 13.8. The minimum Gasteiger partial charge on any atom is -0.453 e. The fraction of sp³-hybridized carbons (Fsp3) is 0.419. The fourth-order valence-corrected chi connectivity index (χ4v) is 8.16. The zero-order valence-electron chi connectivity index (χ0n) is 35.4. The van der Waals surface area contributed by atoms with Gasteiger partial charge in [0.25, 0.3) is 0 Å². The van der Waals surface area contributed by atoms with Crippen molar-refractivity contribution in [2.24, 2.45) is 5.92 Å². The number of alkyl carbamates (subject to hydrolysis) is 1. The zero-order chi connectivity index (χ0) is 45.4. The molecule has 0 bridgehead atoms. The van der Waals surface area contributed by atoms with E-state index in [9.17, 15) is 37.1 Å². The van der Waals surface area contributed by atoms with Gasteiger partial charge in [-0.15, -0.1) is 0 Å². The van der Waals surface area contributed by atoms with Gasteiger partial charge in [-0.25, -0.2) is 29.3 Å². The number of amides is 4. The number of aromatic amines is 2. The van der Waals surface area contributed by atoms with Crippen molar-refractivity contribution in [3.8, 4) is 33.8 Å². The highest BCUT2D eigenvalue weighted by molar-refractivity contribution is 5.92. The number of H-pyrrole nitrogens is 2. The maximum Gasteiger partial charge on any atom is 0.491 e. The summed E-state index contributed by atoms with van der Waals surface area (Å²) in [5.74, 6) is -2.76. The number of carbonyl (C=O) groups is 5. The Bertz CT molecular complexity index is 2540. The predicted molar refractivity (Wildman–Crippen MR) is 221 cm³/mol. The second-order valence-electron chi connectivity index (χ2n) is 16.4. The Morgan fingerprint density at radius 1 is 0.841 bits per heavy atom. The molecule has 332 valence electrons. The number of aromatic nitrogens is 6. The largest absolute Gasteiger partial charge is 0.491 e.